The van der Waals surface area contributed by atoms with E-state index in [0.29, 0.717) is 19.4 Å². The van der Waals surface area contributed by atoms with Crippen molar-refractivity contribution < 1.29 is 14.3 Å². The van der Waals surface area contributed by atoms with Crippen LogP contribution in [0.3, 0.4) is 0 Å². The Hall–Kier alpha value is -1.06. The first kappa shape index (κ1) is 10.9. The number of amides is 1. The second kappa shape index (κ2) is 5.57. The number of likely N-dealkylation sites (tertiary alicyclic amines) is 1. The van der Waals surface area contributed by atoms with Gasteiger partial charge in [0.25, 0.3) is 6.47 Å². The molecule has 0 aliphatic carbocycles. The molecule has 1 unspecified atom stereocenters. The van der Waals surface area contributed by atoms with Crippen LogP contribution in [-0.2, 0) is 14.3 Å². The first-order chi connectivity index (χ1) is 5.74. The van der Waals surface area contributed by atoms with Crippen LogP contribution in [0.25, 0.3) is 0 Å². The van der Waals surface area contributed by atoms with E-state index in [-0.39, 0.29) is 12.0 Å². The molecule has 0 aromatic rings. The monoisotopic (exact) mass is 173 g/mol. The Morgan fingerprint density at radius 3 is 2.50 bits per heavy atom. The third-order valence-electron chi connectivity index (χ3n) is 1.55. The second-order valence-electron chi connectivity index (χ2n) is 2.33. The quantitative estimate of drug-likeness (QED) is 0.568. The van der Waals surface area contributed by atoms with E-state index < -0.39 is 0 Å². The van der Waals surface area contributed by atoms with Crippen molar-refractivity contribution in [1.82, 2.24) is 4.90 Å². The zero-order valence-electron chi connectivity index (χ0n) is 7.74. The lowest BCUT2D eigenvalue weighted by Gasteiger charge is -2.07. The number of hydrogen-bond donors (Lipinski definition) is 0. The molecule has 1 aliphatic heterocycles. The van der Waals surface area contributed by atoms with Gasteiger partial charge >= 0.3 is 0 Å². The van der Waals surface area contributed by atoms with Crippen LogP contribution >= 0.6 is 0 Å². The molecule has 4 heteroatoms. The highest BCUT2D eigenvalue weighted by Gasteiger charge is 2.27. The van der Waals surface area contributed by atoms with Crippen LogP contribution in [0.15, 0.2) is 0 Å². The van der Waals surface area contributed by atoms with Crippen molar-refractivity contribution in [2.75, 3.05) is 13.6 Å². The lowest BCUT2D eigenvalue weighted by Crippen LogP contribution is -2.20. The molecular formula is C8H15NO3. The average Bonchev–Trinajstić information content (AvgIpc) is 2.36. The van der Waals surface area contributed by atoms with Crippen LogP contribution in [0.2, 0.25) is 0 Å². The summed E-state index contributed by atoms with van der Waals surface area (Å²) in [5.74, 6) is 0.0341. The van der Waals surface area contributed by atoms with E-state index in [4.69, 9.17) is 0 Å². The van der Waals surface area contributed by atoms with E-state index in [9.17, 15) is 9.59 Å². The van der Waals surface area contributed by atoms with Gasteiger partial charge in [0.15, 0.2) is 0 Å². The Balaban J connectivity index is 0.000000561. The maximum absolute atomic E-state index is 10.8. The minimum Gasteiger partial charge on any atom is -0.462 e. The third kappa shape index (κ3) is 2.90. The minimum absolute atomic E-state index is 0.0341. The Morgan fingerprint density at radius 2 is 2.17 bits per heavy atom. The maximum Gasteiger partial charge on any atom is 0.293 e. The highest BCUT2D eigenvalue weighted by molar-refractivity contribution is 5.78. The SMILES string of the molecule is CC.CN1CC(OC=O)CC1=O. The van der Waals surface area contributed by atoms with Crippen molar-refractivity contribution in [3.8, 4) is 0 Å². The lowest BCUT2D eigenvalue weighted by atomic mass is 10.3. The van der Waals surface area contributed by atoms with Crippen molar-refractivity contribution in [3.05, 3.63) is 0 Å². The number of carbonyl (C=O) groups excluding carboxylic acids is 2. The molecule has 0 N–H and O–H groups in total. The number of rotatable bonds is 2. The Morgan fingerprint density at radius 1 is 1.58 bits per heavy atom. The van der Waals surface area contributed by atoms with Gasteiger partial charge in [-0.2, -0.15) is 0 Å². The topological polar surface area (TPSA) is 46.6 Å². The summed E-state index contributed by atoms with van der Waals surface area (Å²) in [6.45, 7) is 4.91. The number of ether oxygens (including phenoxy) is 1. The second-order valence-corrected chi connectivity index (χ2v) is 2.33. The molecule has 1 rings (SSSR count). The molecule has 0 aromatic heterocycles. The highest BCUT2D eigenvalue weighted by Crippen LogP contribution is 2.10. The zero-order valence-corrected chi connectivity index (χ0v) is 7.74. The molecule has 1 fully saturated rings. The largest absolute Gasteiger partial charge is 0.462 e. The smallest absolute Gasteiger partial charge is 0.293 e. The van der Waals surface area contributed by atoms with Crippen molar-refractivity contribution in [2.45, 2.75) is 26.4 Å². The molecule has 70 valence electrons. The third-order valence-corrected chi connectivity index (χ3v) is 1.55. The molecule has 1 aliphatic rings. The van der Waals surface area contributed by atoms with Crippen LogP contribution < -0.4 is 0 Å². The van der Waals surface area contributed by atoms with Gasteiger partial charge in [-0.25, -0.2) is 0 Å². The van der Waals surface area contributed by atoms with Crippen molar-refractivity contribution in [1.29, 1.82) is 0 Å². The first-order valence-corrected chi connectivity index (χ1v) is 4.07. The van der Waals surface area contributed by atoms with Crippen LogP contribution in [0.4, 0.5) is 0 Å². The van der Waals surface area contributed by atoms with E-state index >= 15 is 0 Å². The predicted octanol–water partition coefficient (Wildman–Crippen LogP) is 0.416. The standard InChI is InChI=1S/C6H9NO3.C2H6/c1-7-3-5(10-4-8)2-6(7)9;1-2/h4-5H,2-3H2,1H3;1-2H3. The predicted molar refractivity (Wildman–Crippen MR) is 44.5 cm³/mol. The molecule has 0 aromatic carbocycles. The fraction of sp³-hybridized carbons (Fsp3) is 0.750. The molecule has 1 amide bonds. The average molecular weight is 173 g/mol. The van der Waals surface area contributed by atoms with Crippen molar-refractivity contribution >= 4 is 12.4 Å². The Kier molecular flexibility index (Phi) is 5.08. The lowest BCUT2D eigenvalue weighted by molar-refractivity contribution is -0.133. The van der Waals surface area contributed by atoms with Gasteiger partial charge in [0.05, 0.1) is 13.0 Å². The van der Waals surface area contributed by atoms with Gasteiger partial charge in [0, 0.05) is 7.05 Å². The zero-order chi connectivity index (χ0) is 9.56. The van der Waals surface area contributed by atoms with E-state index in [0.717, 1.165) is 0 Å². The first-order valence-electron chi connectivity index (χ1n) is 4.07. The van der Waals surface area contributed by atoms with Gasteiger partial charge in [-0.1, -0.05) is 13.8 Å². The number of carbonyl (C=O) groups is 2. The van der Waals surface area contributed by atoms with Crippen LogP contribution in [0.5, 0.6) is 0 Å². The molecular weight excluding hydrogens is 158 g/mol. The van der Waals surface area contributed by atoms with E-state index in [1.165, 1.54) is 0 Å². The molecule has 0 spiro atoms. The summed E-state index contributed by atoms with van der Waals surface area (Å²) in [4.78, 5) is 22.2. The highest BCUT2D eigenvalue weighted by atomic mass is 16.5. The Bertz CT molecular complexity index is 158. The number of nitrogens with zero attached hydrogens (tertiary/aromatic N) is 1. The molecule has 0 saturated carbocycles. The molecule has 0 bridgehead atoms. The Labute approximate surface area is 72.5 Å². The van der Waals surface area contributed by atoms with E-state index in [1.54, 1.807) is 11.9 Å². The molecule has 1 saturated heterocycles. The summed E-state index contributed by atoms with van der Waals surface area (Å²) in [6, 6.07) is 0. The van der Waals surface area contributed by atoms with Gasteiger partial charge < -0.3 is 9.64 Å². The van der Waals surface area contributed by atoms with E-state index in [2.05, 4.69) is 4.74 Å². The van der Waals surface area contributed by atoms with E-state index in [1.807, 2.05) is 13.8 Å². The molecule has 4 nitrogen and oxygen atoms in total. The number of hydrogen-bond acceptors (Lipinski definition) is 3. The fourth-order valence-corrected chi connectivity index (χ4v) is 0.992. The summed E-state index contributed by atoms with van der Waals surface area (Å²) in [5.41, 5.74) is 0. The summed E-state index contributed by atoms with van der Waals surface area (Å²) in [5, 5.41) is 0. The fourth-order valence-electron chi connectivity index (χ4n) is 0.992. The van der Waals surface area contributed by atoms with Crippen LogP contribution in [0, 0.1) is 0 Å². The number of likely N-dealkylation sites (N-methyl/N-ethyl adjacent to an activating group) is 1. The van der Waals surface area contributed by atoms with Crippen LogP contribution in [0.1, 0.15) is 20.3 Å². The molecule has 0 radical (unpaired) electrons. The van der Waals surface area contributed by atoms with Crippen molar-refractivity contribution in [3.63, 3.8) is 0 Å². The molecule has 1 heterocycles. The molecule has 12 heavy (non-hydrogen) atoms. The summed E-state index contributed by atoms with van der Waals surface area (Å²) in [7, 11) is 1.69. The van der Waals surface area contributed by atoms with Gasteiger partial charge in [0.2, 0.25) is 5.91 Å². The molecule has 1 atom stereocenters. The summed E-state index contributed by atoms with van der Waals surface area (Å²) < 4.78 is 4.60. The minimum atomic E-state index is -0.227. The van der Waals surface area contributed by atoms with Gasteiger partial charge in [-0.15, -0.1) is 0 Å². The maximum atomic E-state index is 10.8. The normalized spacial score (nSPS) is 21.4. The van der Waals surface area contributed by atoms with Crippen molar-refractivity contribution in [2.24, 2.45) is 0 Å². The van der Waals surface area contributed by atoms with Gasteiger partial charge in [-0.3, -0.25) is 9.59 Å². The van der Waals surface area contributed by atoms with Gasteiger partial charge in [0.1, 0.15) is 6.10 Å². The van der Waals surface area contributed by atoms with Gasteiger partial charge in [-0.05, 0) is 0 Å². The van der Waals surface area contributed by atoms with Crippen LogP contribution in [-0.4, -0.2) is 37.0 Å². The summed E-state index contributed by atoms with van der Waals surface area (Å²) in [6.07, 6.45) is 0.102. The summed E-state index contributed by atoms with van der Waals surface area (Å²) >= 11 is 0.